The first kappa shape index (κ1) is 19.4. The van der Waals surface area contributed by atoms with Gasteiger partial charge in [-0.1, -0.05) is 36.4 Å². The Morgan fingerprint density at radius 3 is 2.53 bits per heavy atom. The van der Waals surface area contributed by atoms with E-state index < -0.39 is 18.1 Å². The molecule has 2 N–H and O–H groups in total. The number of carbonyl (C=O) groups is 2. The third-order valence-corrected chi connectivity index (χ3v) is 5.40. The molecule has 1 atom stereocenters. The topological polar surface area (TPSA) is 94.5 Å². The second-order valence-corrected chi connectivity index (χ2v) is 7.45. The van der Waals surface area contributed by atoms with Gasteiger partial charge in [0.2, 0.25) is 0 Å². The number of amides is 3. The third-order valence-electron chi connectivity index (χ3n) is 5.40. The molecule has 1 unspecified atom stereocenters. The summed E-state index contributed by atoms with van der Waals surface area (Å²) < 4.78 is 5.87. The van der Waals surface area contributed by atoms with Crippen LogP contribution in [-0.2, 0) is 11.4 Å². The van der Waals surface area contributed by atoms with Crippen LogP contribution in [0.3, 0.4) is 0 Å². The third kappa shape index (κ3) is 3.55. The minimum absolute atomic E-state index is 0.422. The van der Waals surface area contributed by atoms with Crippen LogP contribution in [0, 0.1) is 11.3 Å². The van der Waals surface area contributed by atoms with Gasteiger partial charge in [-0.15, -0.1) is 0 Å². The molecule has 1 fully saturated rings. The molecule has 7 heteroatoms. The van der Waals surface area contributed by atoms with Crippen molar-refractivity contribution in [3.05, 3.63) is 95.1 Å². The molecular formula is C25H18N4O3. The van der Waals surface area contributed by atoms with Gasteiger partial charge in [0.15, 0.2) is 0 Å². The zero-order valence-electron chi connectivity index (χ0n) is 16.9. The Morgan fingerprint density at radius 1 is 1.00 bits per heavy atom. The molecule has 0 spiro atoms. The molecule has 2 aliphatic rings. The maximum atomic E-state index is 12.5. The van der Waals surface area contributed by atoms with E-state index in [1.165, 1.54) is 0 Å². The van der Waals surface area contributed by atoms with E-state index in [1.807, 2.05) is 59.5 Å². The lowest BCUT2D eigenvalue weighted by Crippen LogP contribution is -2.60. The molecule has 0 aliphatic carbocycles. The quantitative estimate of drug-likeness (QED) is 0.666. The van der Waals surface area contributed by atoms with Gasteiger partial charge in [0, 0.05) is 5.69 Å². The van der Waals surface area contributed by atoms with E-state index in [4.69, 9.17) is 4.74 Å². The van der Waals surface area contributed by atoms with Crippen LogP contribution < -0.4 is 20.3 Å². The predicted molar refractivity (Wildman–Crippen MR) is 119 cm³/mol. The van der Waals surface area contributed by atoms with Gasteiger partial charge in [-0.2, -0.15) is 5.26 Å². The van der Waals surface area contributed by atoms with Gasteiger partial charge in [0.1, 0.15) is 18.5 Å². The van der Waals surface area contributed by atoms with Gasteiger partial charge >= 0.3 is 6.03 Å². The molecule has 156 valence electrons. The van der Waals surface area contributed by atoms with Gasteiger partial charge in [-0.3, -0.25) is 10.1 Å². The van der Waals surface area contributed by atoms with Crippen LogP contribution in [0.2, 0.25) is 0 Å². The molecule has 32 heavy (non-hydrogen) atoms. The highest BCUT2D eigenvalue weighted by Gasteiger charge is 2.38. The van der Waals surface area contributed by atoms with E-state index in [2.05, 4.69) is 16.7 Å². The number of benzene rings is 3. The summed E-state index contributed by atoms with van der Waals surface area (Å²) in [4.78, 5) is 26.4. The number of nitrogens with one attached hydrogen (secondary N) is 2. The number of imide groups is 1. The zero-order chi connectivity index (χ0) is 22.1. The Hall–Kier alpha value is -4.57. The van der Waals surface area contributed by atoms with Crippen LogP contribution in [0.1, 0.15) is 16.7 Å². The molecule has 3 aromatic carbocycles. The molecule has 0 radical (unpaired) electrons. The molecule has 2 aliphatic heterocycles. The smallest absolute Gasteiger partial charge is 0.323 e. The fourth-order valence-corrected chi connectivity index (χ4v) is 3.87. The number of ether oxygens (including phenoxy) is 1. The minimum atomic E-state index is -0.686. The number of hydrogen-bond acceptors (Lipinski definition) is 5. The molecule has 0 bridgehead atoms. The molecular weight excluding hydrogens is 404 g/mol. The lowest BCUT2D eigenvalue weighted by atomic mass is 9.96. The number of urea groups is 1. The molecule has 0 aromatic heterocycles. The Kier molecular flexibility index (Phi) is 4.81. The van der Waals surface area contributed by atoms with Gasteiger partial charge in [-0.25, -0.2) is 4.79 Å². The average molecular weight is 422 g/mol. The van der Waals surface area contributed by atoms with Gasteiger partial charge < -0.3 is 15.0 Å². The largest absolute Gasteiger partial charge is 0.489 e. The van der Waals surface area contributed by atoms with Crippen molar-refractivity contribution >= 4 is 29.4 Å². The highest BCUT2D eigenvalue weighted by Crippen LogP contribution is 2.39. The van der Waals surface area contributed by atoms with Crippen molar-refractivity contribution in [3.63, 3.8) is 0 Å². The monoisotopic (exact) mass is 422 g/mol. The Bertz CT molecular complexity index is 1280. The summed E-state index contributed by atoms with van der Waals surface area (Å²) >= 11 is 0. The van der Waals surface area contributed by atoms with E-state index in [9.17, 15) is 14.9 Å². The minimum Gasteiger partial charge on any atom is -0.489 e. The van der Waals surface area contributed by atoms with Crippen LogP contribution in [0.25, 0.3) is 6.08 Å². The van der Waals surface area contributed by atoms with Crippen molar-refractivity contribution < 1.29 is 14.3 Å². The second kappa shape index (κ2) is 7.93. The second-order valence-electron chi connectivity index (χ2n) is 7.45. The Labute approximate surface area is 184 Å². The number of fused-ring (bicyclic) bond motifs is 2. The van der Waals surface area contributed by atoms with E-state index in [0.717, 1.165) is 22.5 Å². The van der Waals surface area contributed by atoms with Crippen molar-refractivity contribution in [3.8, 4) is 11.8 Å². The first-order valence-corrected chi connectivity index (χ1v) is 10.1. The molecule has 7 nitrogen and oxygen atoms in total. The van der Waals surface area contributed by atoms with Gasteiger partial charge in [0.25, 0.3) is 5.91 Å². The molecule has 3 amide bonds. The number of rotatable bonds is 4. The van der Waals surface area contributed by atoms with Crippen molar-refractivity contribution in [2.75, 3.05) is 4.90 Å². The fourth-order valence-electron chi connectivity index (χ4n) is 3.87. The Morgan fingerprint density at radius 2 is 1.78 bits per heavy atom. The standard InChI is InChI=1S/C25H18N4O3/c26-14-17-6-7-18-13-21-23(27-25(31)28-24(21)30)29(22(18)12-17)19-8-10-20(11-9-19)32-15-16-4-2-1-3-5-16/h1-13,23H,15H2,(H2,27,28,30,31). The first-order chi connectivity index (χ1) is 15.6. The van der Waals surface area contributed by atoms with E-state index in [0.29, 0.717) is 23.5 Å². The summed E-state index contributed by atoms with van der Waals surface area (Å²) in [7, 11) is 0. The molecule has 0 saturated carbocycles. The maximum absolute atomic E-state index is 12.5. The summed E-state index contributed by atoms with van der Waals surface area (Å²) in [6.07, 6.45) is 1.05. The van der Waals surface area contributed by atoms with E-state index in [-0.39, 0.29) is 0 Å². The lowest BCUT2D eigenvalue weighted by Gasteiger charge is -2.41. The molecule has 1 saturated heterocycles. The summed E-state index contributed by atoms with van der Waals surface area (Å²) in [5.41, 5.74) is 4.23. The fraction of sp³-hybridized carbons (Fsp3) is 0.0800. The average Bonchev–Trinajstić information content (AvgIpc) is 2.82. The van der Waals surface area contributed by atoms with E-state index in [1.54, 1.807) is 24.3 Å². The maximum Gasteiger partial charge on any atom is 0.323 e. The number of anilines is 2. The highest BCUT2D eigenvalue weighted by atomic mass is 16.5. The summed E-state index contributed by atoms with van der Waals surface area (Å²) in [5, 5.41) is 14.5. The van der Waals surface area contributed by atoms with Crippen LogP contribution >= 0.6 is 0 Å². The highest BCUT2D eigenvalue weighted by molar-refractivity contribution is 6.12. The van der Waals surface area contributed by atoms with Crippen molar-refractivity contribution in [2.24, 2.45) is 0 Å². The normalized spacial score (nSPS) is 16.7. The van der Waals surface area contributed by atoms with Crippen LogP contribution in [0.4, 0.5) is 16.2 Å². The zero-order valence-corrected chi connectivity index (χ0v) is 16.9. The number of nitrogens with zero attached hydrogens (tertiary/aromatic N) is 2. The molecule has 2 heterocycles. The van der Waals surface area contributed by atoms with Crippen molar-refractivity contribution in [1.29, 1.82) is 5.26 Å². The predicted octanol–water partition coefficient (Wildman–Crippen LogP) is 3.84. The van der Waals surface area contributed by atoms with Gasteiger partial charge in [0.05, 0.1) is 22.9 Å². The number of nitriles is 1. The first-order valence-electron chi connectivity index (χ1n) is 10.1. The summed E-state index contributed by atoms with van der Waals surface area (Å²) in [6.45, 7) is 0.448. The van der Waals surface area contributed by atoms with Crippen molar-refractivity contribution in [2.45, 2.75) is 12.8 Å². The summed E-state index contributed by atoms with van der Waals surface area (Å²) in [6, 6.07) is 24.1. The van der Waals surface area contributed by atoms with E-state index >= 15 is 0 Å². The van der Waals surface area contributed by atoms with Gasteiger partial charge in [-0.05, 0) is 53.6 Å². The number of carbonyl (C=O) groups excluding carboxylic acids is 2. The van der Waals surface area contributed by atoms with Crippen LogP contribution in [0.5, 0.6) is 5.75 Å². The SMILES string of the molecule is N#Cc1ccc2c(c1)N(c1ccc(OCc3ccccc3)cc1)C1NC(=O)NC(=O)C1=C2. The number of hydrogen-bond donors (Lipinski definition) is 2. The lowest BCUT2D eigenvalue weighted by molar-refractivity contribution is -0.117. The molecule has 3 aromatic rings. The van der Waals surface area contributed by atoms with Crippen LogP contribution in [-0.4, -0.2) is 18.1 Å². The summed E-state index contributed by atoms with van der Waals surface area (Å²) in [5.74, 6) is 0.253. The Balaban J connectivity index is 1.49. The van der Waals surface area contributed by atoms with Crippen molar-refractivity contribution in [1.82, 2.24) is 10.6 Å². The molecule has 5 rings (SSSR count). The van der Waals surface area contributed by atoms with Crippen LogP contribution in [0.15, 0.2) is 78.4 Å².